The Balaban J connectivity index is 1.39. The van der Waals surface area contributed by atoms with E-state index in [9.17, 15) is 0 Å². The first-order chi connectivity index (χ1) is 14.8. The van der Waals surface area contributed by atoms with Crippen molar-refractivity contribution in [1.82, 2.24) is 24.9 Å². The van der Waals surface area contributed by atoms with Crippen LogP contribution in [0.25, 0.3) is 4.96 Å². The first-order valence-electron chi connectivity index (χ1n) is 10.5. The summed E-state index contributed by atoms with van der Waals surface area (Å²) in [5.41, 5.74) is 2.31. The molecule has 7 nitrogen and oxygen atoms in total. The van der Waals surface area contributed by atoms with Crippen LogP contribution in [0.15, 0.2) is 47.0 Å². The van der Waals surface area contributed by atoms with Gasteiger partial charge in [-0.1, -0.05) is 18.6 Å². The molecule has 1 aliphatic heterocycles. The quantitative estimate of drug-likeness (QED) is 0.448. The van der Waals surface area contributed by atoms with Crippen LogP contribution < -0.4 is 15.4 Å². The minimum absolute atomic E-state index is 0.299. The molecule has 1 aromatic carbocycles. The minimum Gasteiger partial charge on any atom is -0.497 e. The van der Waals surface area contributed by atoms with Gasteiger partial charge in [-0.3, -0.25) is 14.3 Å². The lowest BCUT2D eigenvalue weighted by atomic mass is 10.0. The van der Waals surface area contributed by atoms with E-state index in [2.05, 4.69) is 43.8 Å². The first-order valence-corrected chi connectivity index (χ1v) is 11.4. The zero-order valence-electron chi connectivity index (χ0n) is 17.7. The summed E-state index contributed by atoms with van der Waals surface area (Å²) >= 11 is 1.64. The highest BCUT2D eigenvalue weighted by Crippen LogP contribution is 2.25. The van der Waals surface area contributed by atoms with Gasteiger partial charge >= 0.3 is 0 Å². The molecule has 0 radical (unpaired) electrons. The maximum absolute atomic E-state index is 5.33. The largest absolute Gasteiger partial charge is 0.497 e. The number of rotatable bonds is 7. The number of methoxy groups -OCH3 is 1. The molecule has 3 heterocycles. The lowest BCUT2D eigenvalue weighted by molar-refractivity contribution is 0.164. The molecule has 1 saturated heterocycles. The van der Waals surface area contributed by atoms with Crippen LogP contribution >= 0.6 is 11.3 Å². The number of nitrogens with one attached hydrogen (secondary N) is 2. The van der Waals surface area contributed by atoms with Crippen LogP contribution in [0.5, 0.6) is 5.75 Å². The van der Waals surface area contributed by atoms with Crippen molar-refractivity contribution in [3.8, 4) is 5.75 Å². The fourth-order valence-electron chi connectivity index (χ4n) is 3.96. The van der Waals surface area contributed by atoms with Crippen molar-refractivity contribution >= 4 is 22.3 Å². The Morgan fingerprint density at radius 1 is 1.20 bits per heavy atom. The molecule has 30 heavy (non-hydrogen) atoms. The zero-order valence-corrected chi connectivity index (χ0v) is 18.5. The average molecular weight is 427 g/mol. The van der Waals surface area contributed by atoms with Gasteiger partial charge in [0.25, 0.3) is 0 Å². The van der Waals surface area contributed by atoms with Gasteiger partial charge in [-0.25, -0.2) is 4.98 Å². The van der Waals surface area contributed by atoms with Gasteiger partial charge in [0.1, 0.15) is 5.75 Å². The Hall–Kier alpha value is -2.58. The Morgan fingerprint density at radius 2 is 2.00 bits per heavy atom. The third-order valence-electron chi connectivity index (χ3n) is 5.60. The maximum atomic E-state index is 5.33. The van der Waals surface area contributed by atoms with Crippen molar-refractivity contribution in [2.24, 2.45) is 4.99 Å². The van der Waals surface area contributed by atoms with Gasteiger partial charge in [0.05, 0.1) is 25.4 Å². The molecule has 2 N–H and O–H groups in total. The Labute approximate surface area is 181 Å². The molecule has 160 valence electrons. The van der Waals surface area contributed by atoms with E-state index in [4.69, 9.17) is 4.74 Å². The molecule has 8 heteroatoms. The third kappa shape index (κ3) is 4.94. The topological polar surface area (TPSA) is 66.2 Å². The molecular weight excluding hydrogens is 396 g/mol. The van der Waals surface area contributed by atoms with Gasteiger partial charge in [0.2, 0.25) is 0 Å². The molecule has 1 atom stereocenters. The van der Waals surface area contributed by atoms with Crippen molar-refractivity contribution in [2.75, 3.05) is 33.8 Å². The Bertz CT molecular complexity index is 929. The molecule has 0 bridgehead atoms. The molecular formula is C22H30N6OS. The van der Waals surface area contributed by atoms with Gasteiger partial charge in [0, 0.05) is 31.4 Å². The van der Waals surface area contributed by atoms with Crippen LogP contribution in [0.3, 0.4) is 0 Å². The van der Waals surface area contributed by atoms with Crippen LogP contribution in [0.4, 0.5) is 0 Å². The van der Waals surface area contributed by atoms with Crippen molar-refractivity contribution in [3.05, 3.63) is 53.3 Å². The molecule has 4 rings (SSSR count). The number of hydrogen-bond acceptors (Lipinski definition) is 5. The summed E-state index contributed by atoms with van der Waals surface area (Å²) in [6.07, 6.45) is 7.93. The van der Waals surface area contributed by atoms with E-state index in [0.29, 0.717) is 12.6 Å². The summed E-state index contributed by atoms with van der Waals surface area (Å²) in [5.74, 6) is 1.68. The van der Waals surface area contributed by atoms with Crippen molar-refractivity contribution in [3.63, 3.8) is 0 Å². The highest BCUT2D eigenvalue weighted by atomic mass is 32.1. The van der Waals surface area contributed by atoms with E-state index >= 15 is 0 Å². The number of benzene rings is 1. The summed E-state index contributed by atoms with van der Waals surface area (Å²) < 4.78 is 7.38. The lowest BCUT2D eigenvalue weighted by Crippen LogP contribution is -2.44. The normalized spacial score (nSPS) is 16.5. The number of hydrogen-bond donors (Lipinski definition) is 2. The smallest absolute Gasteiger partial charge is 0.193 e. The molecule has 1 aliphatic rings. The number of ether oxygens (including phenoxy) is 1. The Kier molecular flexibility index (Phi) is 6.86. The highest BCUT2D eigenvalue weighted by Gasteiger charge is 2.22. The second-order valence-corrected chi connectivity index (χ2v) is 8.39. The molecule has 0 spiro atoms. The Morgan fingerprint density at radius 3 is 2.70 bits per heavy atom. The number of aromatic nitrogens is 2. The zero-order chi connectivity index (χ0) is 20.8. The molecule has 1 unspecified atom stereocenters. The van der Waals surface area contributed by atoms with Crippen molar-refractivity contribution < 1.29 is 4.74 Å². The minimum atomic E-state index is 0.299. The van der Waals surface area contributed by atoms with E-state index in [0.717, 1.165) is 42.0 Å². The van der Waals surface area contributed by atoms with Crippen LogP contribution in [0, 0.1) is 0 Å². The summed E-state index contributed by atoms with van der Waals surface area (Å²) in [6.45, 7) is 3.71. The lowest BCUT2D eigenvalue weighted by Gasteiger charge is -2.35. The molecule has 0 amide bonds. The SMILES string of the molecule is CN=C(NCc1cn2ccsc2n1)NCC(c1ccc(OC)cc1)N1CCCCC1. The monoisotopic (exact) mass is 426 g/mol. The number of piperidine rings is 1. The van der Waals surface area contributed by atoms with Crippen LogP contribution in [0.2, 0.25) is 0 Å². The van der Waals surface area contributed by atoms with E-state index < -0.39 is 0 Å². The van der Waals surface area contributed by atoms with Gasteiger partial charge in [0.15, 0.2) is 10.9 Å². The van der Waals surface area contributed by atoms with Gasteiger partial charge < -0.3 is 15.4 Å². The number of fused-ring (bicyclic) bond motifs is 1. The average Bonchev–Trinajstić information content (AvgIpc) is 3.39. The molecule has 0 saturated carbocycles. The summed E-state index contributed by atoms with van der Waals surface area (Å²) in [6, 6.07) is 8.74. The van der Waals surface area contributed by atoms with Crippen LogP contribution in [-0.2, 0) is 6.54 Å². The highest BCUT2D eigenvalue weighted by molar-refractivity contribution is 7.15. The predicted molar refractivity (Wildman–Crippen MR) is 122 cm³/mol. The van der Waals surface area contributed by atoms with Crippen molar-refractivity contribution in [2.45, 2.75) is 31.8 Å². The summed E-state index contributed by atoms with van der Waals surface area (Å²) in [7, 11) is 3.52. The molecule has 2 aromatic heterocycles. The number of imidazole rings is 1. The number of likely N-dealkylation sites (tertiary alicyclic amines) is 1. The van der Waals surface area contributed by atoms with Gasteiger partial charge in [-0.2, -0.15) is 0 Å². The summed E-state index contributed by atoms with van der Waals surface area (Å²) in [4.78, 5) is 12.6. The van der Waals surface area contributed by atoms with Crippen LogP contribution in [-0.4, -0.2) is 54.0 Å². The second-order valence-electron chi connectivity index (χ2n) is 7.52. The van der Waals surface area contributed by atoms with Gasteiger partial charge in [-0.05, 0) is 43.6 Å². The van der Waals surface area contributed by atoms with Crippen LogP contribution in [0.1, 0.15) is 36.6 Å². The molecule has 1 fully saturated rings. The van der Waals surface area contributed by atoms with E-state index in [-0.39, 0.29) is 0 Å². The molecule has 3 aromatic rings. The number of thiazole rings is 1. The fourth-order valence-corrected chi connectivity index (χ4v) is 4.68. The van der Waals surface area contributed by atoms with E-state index in [1.807, 2.05) is 35.2 Å². The second kappa shape index (κ2) is 9.95. The first kappa shape index (κ1) is 20.7. The van der Waals surface area contributed by atoms with E-state index in [1.165, 1.54) is 24.8 Å². The van der Waals surface area contributed by atoms with Crippen molar-refractivity contribution in [1.29, 1.82) is 0 Å². The number of nitrogens with zero attached hydrogens (tertiary/aromatic N) is 4. The molecule has 0 aliphatic carbocycles. The van der Waals surface area contributed by atoms with Gasteiger partial charge in [-0.15, -0.1) is 11.3 Å². The maximum Gasteiger partial charge on any atom is 0.193 e. The summed E-state index contributed by atoms with van der Waals surface area (Å²) in [5, 5.41) is 8.96. The fraction of sp³-hybridized carbons (Fsp3) is 0.455. The van der Waals surface area contributed by atoms with E-state index in [1.54, 1.807) is 18.4 Å². The third-order valence-corrected chi connectivity index (χ3v) is 6.37. The number of aliphatic imine (C=N–C) groups is 1. The predicted octanol–water partition coefficient (Wildman–Crippen LogP) is 3.30. The number of guanidine groups is 1. The standard InChI is InChI=1S/C22H30N6OS/c1-23-21(24-14-18-16-28-12-13-30-22(28)26-18)25-15-20(27-10-4-3-5-11-27)17-6-8-19(29-2)9-7-17/h6-9,12-13,16,20H,3-5,10-11,14-15H2,1-2H3,(H2,23,24,25).